The molecule has 2 aromatic carbocycles. The maximum atomic E-state index is 14.2. The average Bonchev–Trinajstić information content (AvgIpc) is 3.73. The van der Waals surface area contributed by atoms with Crippen LogP contribution in [0.1, 0.15) is 53.9 Å². The van der Waals surface area contributed by atoms with E-state index in [1.807, 2.05) is 6.07 Å². The van der Waals surface area contributed by atoms with E-state index < -0.39 is 28.3 Å². The molecule has 18 heteroatoms. The van der Waals surface area contributed by atoms with Gasteiger partial charge < -0.3 is 24.2 Å². The molecule has 0 fully saturated rings. The number of aromatic nitrogens is 2. The van der Waals surface area contributed by atoms with E-state index in [4.69, 9.17) is 37.2 Å². The molecular weight excluding hydrogens is 775 g/mol. The highest BCUT2D eigenvalue weighted by molar-refractivity contribution is 7.85. The summed E-state index contributed by atoms with van der Waals surface area (Å²) in [6, 6.07) is 15.9. The van der Waals surface area contributed by atoms with Crippen LogP contribution in [-0.4, -0.2) is 72.0 Å². The van der Waals surface area contributed by atoms with Crippen molar-refractivity contribution in [3.8, 4) is 11.5 Å². The van der Waals surface area contributed by atoms with E-state index in [2.05, 4.69) is 14.7 Å². The molecule has 3 atom stereocenters. The van der Waals surface area contributed by atoms with Gasteiger partial charge in [-0.15, -0.1) is 0 Å². The number of aldehydes is 1. The first-order valence-electron chi connectivity index (χ1n) is 16.3. The lowest BCUT2D eigenvalue weighted by atomic mass is 10.0. The number of ether oxygens (including phenoxy) is 3. The lowest BCUT2D eigenvalue weighted by molar-refractivity contribution is -0.152. The smallest absolute Gasteiger partial charge is 0.371 e. The Morgan fingerprint density at radius 3 is 2.09 bits per heavy atom. The number of pyridine rings is 2. The minimum Gasteiger partial charge on any atom is -0.506 e. The van der Waals surface area contributed by atoms with Gasteiger partial charge in [-0.05, 0) is 80.3 Å². The van der Waals surface area contributed by atoms with Gasteiger partial charge >= 0.3 is 11.9 Å². The van der Waals surface area contributed by atoms with Crippen LogP contribution in [-0.2, 0) is 53.2 Å². The van der Waals surface area contributed by atoms with Gasteiger partial charge in [0.05, 0.1) is 31.2 Å². The van der Waals surface area contributed by atoms with Gasteiger partial charge in [0.2, 0.25) is 6.29 Å². The van der Waals surface area contributed by atoms with Crippen LogP contribution >= 0.6 is 23.2 Å². The van der Waals surface area contributed by atoms with E-state index in [-0.39, 0.29) is 48.8 Å². The number of carbonyl (C=O) groups excluding carboxylic acids is 3. The number of rotatable bonds is 5. The maximum Gasteiger partial charge on any atom is 0.371 e. The molecule has 0 radical (unpaired) electrons. The summed E-state index contributed by atoms with van der Waals surface area (Å²) in [7, 11) is -3.67. The summed E-state index contributed by atoms with van der Waals surface area (Å²) in [5, 5.41) is 10.5. The molecule has 0 spiro atoms. The molecule has 54 heavy (non-hydrogen) atoms. The van der Waals surface area contributed by atoms with Gasteiger partial charge in [-0.3, -0.25) is 9.35 Å². The monoisotopic (exact) mass is 809 g/mol. The first-order valence-corrected chi connectivity index (χ1v) is 18.9. The highest BCUT2D eigenvalue weighted by atomic mass is 35.5. The van der Waals surface area contributed by atoms with Gasteiger partial charge in [0, 0.05) is 23.6 Å². The van der Waals surface area contributed by atoms with Crippen molar-refractivity contribution in [1.29, 1.82) is 0 Å². The number of fused-ring (bicyclic) bond motifs is 6. The summed E-state index contributed by atoms with van der Waals surface area (Å²) < 4.78 is 68.9. The molecule has 3 aliphatic rings. The van der Waals surface area contributed by atoms with Gasteiger partial charge in [-0.1, -0.05) is 41.4 Å². The topological polar surface area (TPSA) is 183 Å². The first-order chi connectivity index (χ1) is 25.6. The largest absolute Gasteiger partial charge is 0.506 e. The van der Waals surface area contributed by atoms with Crippen LogP contribution in [0.2, 0.25) is 10.3 Å². The minimum atomic E-state index is -3.67. The van der Waals surface area contributed by atoms with Gasteiger partial charge in [-0.25, -0.2) is 28.3 Å². The summed E-state index contributed by atoms with van der Waals surface area (Å²) in [6.45, 7) is 3.86. The first kappa shape index (κ1) is 41.9. The molecule has 0 bridgehead atoms. The van der Waals surface area contributed by atoms with Crippen molar-refractivity contribution in [3.05, 3.63) is 111 Å². The maximum absolute atomic E-state index is 14.2. The van der Waals surface area contributed by atoms with Gasteiger partial charge in [-0.2, -0.15) is 8.42 Å². The van der Waals surface area contributed by atoms with Crippen LogP contribution in [0.25, 0.3) is 0 Å². The van der Waals surface area contributed by atoms with E-state index in [1.54, 1.807) is 55.1 Å². The SMILES string of the molecule is CCOC(=O)C1Oc2ccc(Cl)nc2C2Cc3c(F)cccc3N12.CCOC(=O)C=O.CS(=O)(=O)O.Oc1ccc(Cl)nc1C1Cc2cccc(F)c2C1. The Hall–Kier alpha value is -4.90. The lowest BCUT2D eigenvalue weighted by Crippen LogP contribution is -2.50. The summed E-state index contributed by atoms with van der Waals surface area (Å²) in [5.41, 5.74) is 4.02. The number of halogens is 4. The van der Waals surface area contributed by atoms with Crippen molar-refractivity contribution in [3.63, 3.8) is 0 Å². The fourth-order valence-electron chi connectivity index (χ4n) is 6.02. The number of benzene rings is 2. The molecule has 13 nitrogen and oxygen atoms in total. The average molecular weight is 811 g/mol. The minimum absolute atomic E-state index is 0.00407. The molecule has 2 N–H and O–H groups in total. The van der Waals surface area contributed by atoms with Gasteiger partial charge in [0.25, 0.3) is 16.3 Å². The zero-order valence-electron chi connectivity index (χ0n) is 29.0. The van der Waals surface area contributed by atoms with Crippen LogP contribution in [0.5, 0.6) is 11.5 Å². The van der Waals surface area contributed by atoms with Crippen molar-refractivity contribution >= 4 is 57.2 Å². The Morgan fingerprint density at radius 1 is 0.907 bits per heavy atom. The molecule has 2 aliphatic heterocycles. The Labute approximate surface area is 319 Å². The fraction of sp³-hybridized carbons (Fsp3) is 0.306. The van der Waals surface area contributed by atoms with Crippen LogP contribution in [0.15, 0.2) is 60.7 Å². The normalized spacial score (nSPS) is 17.2. The molecule has 0 amide bonds. The molecule has 3 unspecified atom stereocenters. The lowest BCUT2D eigenvalue weighted by Gasteiger charge is -2.38. The van der Waals surface area contributed by atoms with Crippen molar-refractivity contribution < 1.29 is 55.5 Å². The number of esters is 2. The second kappa shape index (κ2) is 18.4. The van der Waals surface area contributed by atoms with Crippen LogP contribution in [0, 0.1) is 11.6 Å². The predicted molar refractivity (Wildman–Crippen MR) is 193 cm³/mol. The number of nitrogens with zero attached hydrogens (tertiary/aromatic N) is 3. The van der Waals surface area contributed by atoms with E-state index in [1.165, 1.54) is 18.2 Å². The molecule has 4 heterocycles. The Bertz CT molecular complexity index is 2120. The highest BCUT2D eigenvalue weighted by Gasteiger charge is 2.47. The Balaban J connectivity index is 0.000000190. The van der Waals surface area contributed by atoms with E-state index in [0.29, 0.717) is 64.2 Å². The van der Waals surface area contributed by atoms with Crippen LogP contribution < -0.4 is 9.64 Å². The van der Waals surface area contributed by atoms with Crippen molar-refractivity contribution in [1.82, 2.24) is 9.97 Å². The summed E-state index contributed by atoms with van der Waals surface area (Å²) in [6.07, 6.45) is 1.52. The number of hydrogen-bond acceptors (Lipinski definition) is 12. The summed E-state index contributed by atoms with van der Waals surface area (Å²) >= 11 is 11.8. The number of anilines is 1. The Morgan fingerprint density at radius 2 is 1.50 bits per heavy atom. The molecule has 0 saturated heterocycles. The number of hydrogen-bond donors (Lipinski definition) is 2. The van der Waals surface area contributed by atoms with Crippen molar-refractivity contribution in [2.24, 2.45) is 0 Å². The van der Waals surface area contributed by atoms with Gasteiger partial charge in [0.15, 0.2) is 0 Å². The molecular formula is C36H35Cl2F2N3O10S. The zero-order valence-corrected chi connectivity index (χ0v) is 31.4. The quantitative estimate of drug-likeness (QED) is 0.0791. The Kier molecular flexibility index (Phi) is 14.3. The third-order valence-corrected chi connectivity index (χ3v) is 8.44. The van der Waals surface area contributed by atoms with E-state index in [0.717, 1.165) is 11.1 Å². The second-order valence-electron chi connectivity index (χ2n) is 11.7. The van der Waals surface area contributed by atoms with Crippen LogP contribution in [0.3, 0.4) is 0 Å². The summed E-state index contributed by atoms with van der Waals surface area (Å²) in [5.74, 6) is -1.23. The third-order valence-electron chi connectivity index (χ3n) is 8.02. The molecule has 4 aromatic rings. The third kappa shape index (κ3) is 10.6. The second-order valence-corrected chi connectivity index (χ2v) is 14.0. The van der Waals surface area contributed by atoms with Crippen molar-refractivity contribution in [2.45, 2.75) is 51.3 Å². The van der Waals surface area contributed by atoms with Gasteiger partial charge in [0.1, 0.15) is 39.1 Å². The predicted octanol–water partition coefficient (Wildman–Crippen LogP) is 5.97. The van der Waals surface area contributed by atoms with Crippen molar-refractivity contribution in [2.75, 3.05) is 24.4 Å². The number of aromatic hydroxyl groups is 1. The molecule has 288 valence electrons. The molecule has 2 aromatic heterocycles. The van der Waals surface area contributed by atoms with E-state index in [9.17, 15) is 36.7 Å². The van der Waals surface area contributed by atoms with Crippen LogP contribution in [0.4, 0.5) is 14.5 Å². The summed E-state index contributed by atoms with van der Waals surface area (Å²) in [4.78, 5) is 41.8. The zero-order chi connectivity index (χ0) is 39.7. The molecule has 1 aliphatic carbocycles. The highest BCUT2D eigenvalue weighted by Crippen LogP contribution is 2.48. The molecule has 0 saturated carbocycles. The standard InChI is InChI=1S/C17H14ClFN2O3.C14H11ClFNO.C4H6O3.CH4O3S/c1-2-23-17(22)16-21-11-5-3-4-10(19)9(11)8-12(21)15-13(24-16)6-7-14(18)20-15;15-13-5-4-12(18)14(17-13)9-6-8-2-1-3-11(16)10(8)7-9;1-2-7-4(6)3-5;1-5(2,3)4/h3-7,12,16H,2,8H2,1H3;1-5,9,18H,6-7H2;3H,2H2,1H3;1H3,(H,2,3,4). The molecule has 7 rings (SSSR count). The fourth-order valence-corrected chi connectivity index (χ4v) is 6.32. The van der Waals surface area contributed by atoms with E-state index >= 15 is 0 Å². The number of carbonyl (C=O) groups is 3.